The summed E-state index contributed by atoms with van der Waals surface area (Å²) in [6.07, 6.45) is 4.22. The van der Waals surface area contributed by atoms with Crippen LogP contribution in [0.1, 0.15) is 25.7 Å². The van der Waals surface area contributed by atoms with Crippen molar-refractivity contribution in [2.45, 2.75) is 31.7 Å². The predicted molar refractivity (Wildman–Crippen MR) is 81.2 cm³/mol. The fourth-order valence-electron chi connectivity index (χ4n) is 2.98. The molecule has 1 aliphatic heterocycles. The highest BCUT2D eigenvalue weighted by molar-refractivity contribution is 6.28. The normalized spacial score (nSPS) is 19.5. The van der Waals surface area contributed by atoms with Crippen LogP contribution in [0, 0.1) is 0 Å². The zero-order valence-corrected chi connectivity index (χ0v) is 12.1. The summed E-state index contributed by atoms with van der Waals surface area (Å²) in [7, 11) is 0. The third-order valence-corrected chi connectivity index (χ3v) is 4.09. The number of hydrogen-bond acceptors (Lipinski definition) is 4. The summed E-state index contributed by atoms with van der Waals surface area (Å²) in [6.45, 7) is 1.17. The molecule has 0 radical (unpaired) electrons. The lowest BCUT2D eigenvalue weighted by Gasteiger charge is -2.37. The van der Waals surface area contributed by atoms with E-state index in [9.17, 15) is 5.11 Å². The van der Waals surface area contributed by atoms with Gasteiger partial charge in [-0.1, -0.05) is 12.1 Å². The molecule has 2 aromatic rings. The highest BCUT2D eigenvalue weighted by atomic mass is 35.5. The second-order valence-corrected chi connectivity index (χ2v) is 5.53. The number of fused-ring (bicyclic) bond motifs is 1. The Balaban J connectivity index is 2.07. The van der Waals surface area contributed by atoms with Crippen LogP contribution in [0.5, 0.6) is 0 Å². The van der Waals surface area contributed by atoms with Crippen LogP contribution in [-0.4, -0.2) is 34.3 Å². The number of piperidine rings is 1. The van der Waals surface area contributed by atoms with E-state index < -0.39 is 0 Å². The van der Waals surface area contributed by atoms with Gasteiger partial charge in [0.05, 0.1) is 5.52 Å². The molecule has 0 bridgehead atoms. The number of rotatable bonds is 3. The summed E-state index contributed by atoms with van der Waals surface area (Å²) in [5.41, 5.74) is 0.871. The van der Waals surface area contributed by atoms with Gasteiger partial charge in [-0.05, 0) is 49.4 Å². The number of aromatic nitrogens is 2. The first-order valence-corrected chi connectivity index (χ1v) is 7.47. The van der Waals surface area contributed by atoms with Crippen LogP contribution in [0.15, 0.2) is 24.3 Å². The van der Waals surface area contributed by atoms with E-state index in [1.165, 1.54) is 6.42 Å². The number of benzene rings is 1. The molecule has 1 saturated heterocycles. The van der Waals surface area contributed by atoms with Crippen LogP contribution in [-0.2, 0) is 0 Å². The molecule has 1 fully saturated rings. The van der Waals surface area contributed by atoms with Crippen molar-refractivity contribution < 1.29 is 5.11 Å². The van der Waals surface area contributed by atoms with Gasteiger partial charge in [0, 0.05) is 24.6 Å². The molecule has 4 nitrogen and oxygen atoms in total. The van der Waals surface area contributed by atoms with Crippen LogP contribution in [0.3, 0.4) is 0 Å². The Morgan fingerprint density at radius 1 is 1.25 bits per heavy atom. The Kier molecular flexibility index (Phi) is 4.03. The lowest BCUT2D eigenvalue weighted by molar-refractivity contribution is 0.262. The molecular weight excluding hydrogens is 274 g/mol. The van der Waals surface area contributed by atoms with E-state index in [1.807, 2.05) is 24.3 Å². The second-order valence-electron chi connectivity index (χ2n) is 5.19. The third kappa shape index (κ3) is 2.58. The maximum absolute atomic E-state index is 9.27. The molecule has 1 N–H and O–H groups in total. The first-order chi connectivity index (χ1) is 9.79. The van der Waals surface area contributed by atoms with E-state index in [-0.39, 0.29) is 11.9 Å². The Hall–Kier alpha value is -1.39. The van der Waals surface area contributed by atoms with Crippen LogP contribution in [0.25, 0.3) is 10.9 Å². The standard InChI is InChI=1S/C15H18ClN3O/c16-15-17-13-7-2-1-6-12(13)14(18-15)19-9-4-3-5-11(19)8-10-20/h1-2,6-7,11,20H,3-5,8-10H2. The van der Waals surface area contributed by atoms with Crippen LogP contribution in [0.4, 0.5) is 5.82 Å². The van der Waals surface area contributed by atoms with Crippen molar-refractivity contribution in [2.75, 3.05) is 18.1 Å². The fourth-order valence-corrected chi connectivity index (χ4v) is 3.15. The molecule has 5 heteroatoms. The Morgan fingerprint density at radius 2 is 2.10 bits per heavy atom. The molecule has 20 heavy (non-hydrogen) atoms. The molecule has 1 atom stereocenters. The zero-order valence-electron chi connectivity index (χ0n) is 11.3. The van der Waals surface area contributed by atoms with E-state index >= 15 is 0 Å². The minimum absolute atomic E-state index is 0.206. The van der Waals surface area contributed by atoms with Gasteiger partial charge in [-0.3, -0.25) is 0 Å². The summed E-state index contributed by atoms with van der Waals surface area (Å²) in [5, 5.41) is 10.6. The summed E-state index contributed by atoms with van der Waals surface area (Å²) < 4.78 is 0. The van der Waals surface area contributed by atoms with E-state index in [1.54, 1.807) is 0 Å². The van der Waals surface area contributed by atoms with Crippen LogP contribution >= 0.6 is 11.6 Å². The maximum atomic E-state index is 9.27. The number of aliphatic hydroxyl groups is 1. The van der Waals surface area contributed by atoms with E-state index in [0.717, 1.165) is 42.5 Å². The average molecular weight is 292 g/mol. The van der Waals surface area contributed by atoms with E-state index in [2.05, 4.69) is 14.9 Å². The quantitative estimate of drug-likeness (QED) is 0.883. The Labute approximate surface area is 123 Å². The van der Waals surface area contributed by atoms with E-state index in [4.69, 9.17) is 11.6 Å². The SMILES string of the molecule is OCCC1CCCCN1c1nc(Cl)nc2ccccc12. The summed E-state index contributed by atoms with van der Waals surface area (Å²) in [5.74, 6) is 0.902. The summed E-state index contributed by atoms with van der Waals surface area (Å²) in [4.78, 5) is 11.0. The molecule has 0 saturated carbocycles. The van der Waals surface area contributed by atoms with Gasteiger partial charge in [0.25, 0.3) is 0 Å². The van der Waals surface area contributed by atoms with Gasteiger partial charge in [-0.25, -0.2) is 4.98 Å². The third-order valence-electron chi connectivity index (χ3n) is 3.92. The molecule has 0 aliphatic carbocycles. The molecular formula is C15H18ClN3O. The summed E-state index contributed by atoms with van der Waals surface area (Å²) in [6, 6.07) is 8.27. The van der Waals surface area contributed by atoms with Crippen molar-refractivity contribution in [1.29, 1.82) is 0 Å². The van der Waals surface area contributed by atoms with E-state index in [0.29, 0.717) is 6.04 Å². The van der Waals surface area contributed by atoms with Crippen molar-refractivity contribution in [2.24, 2.45) is 0 Å². The molecule has 1 unspecified atom stereocenters. The predicted octanol–water partition coefficient (Wildman–Crippen LogP) is 3.02. The van der Waals surface area contributed by atoms with Gasteiger partial charge < -0.3 is 10.0 Å². The first-order valence-electron chi connectivity index (χ1n) is 7.09. The lowest BCUT2D eigenvalue weighted by atomic mass is 9.99. The average Bonchev–Trinajstić information content (AvgIpc) is 2.47. The van der Waals surface area contributed by atoms with Crippen LogP contribution < -0.4 is 4.90 Å². The number of para-hydroxylation sites is 1. The summed E-state index contributed by atoms with van der Waals surface area (Å²) >= 11 is 6.07. The van der Waals surface area contributed by atoms with Gasteiger partial charge in [0.2, 0.25) is 5.28 Å². The highest BCUT2D eigenvalue weighted by Crippen LogP contribution is 2.31. The molecule has 1 aromatic heterocycles. The largest absolute Gasteiger partial charge is 0.396 e. The minimum atomic E-state index is 0.206. The number of hydrogen-bond donors (Lipinski definition) is 1. The van der Waals surface area contributed by atoms with Crippen molar-refractivity contribution in [3.8, 4) is 0 Å². The second kappa shape index (κ2) is 5.94. The maximum Gasteiger partial charge on any atom is 0.224 e. The van der Waals surface area contributed by atoms with Crippen LogP contribution in [0.2, 0.25) is 5.28 Å². The molecule has 2 heterocycles. The van der Waals surface area contributed by atoms with Gasteiger partial charge in [0.15, 0.2) is 0 Å². The fraction of sp³-hybridized carbons (Fsp3) is 0.467. The minimum Gasteiger partial charge on any atom is -0.396 e. The van der Waals surface area contributed by atoms with Gasteiger partial charge >= 0.3 is 0 Å². The molecule has 0 spiro atoms. The number of anilines is 1. The lowest BCUT2D eigenvalue weighted by Crippen LogP contribution is -2.40. The number of nitrogens with zero attached hydrogens (tertiary/aromatic N) is 3. The monoisotopic (exact) mass is 291 g/mol. The van der Waals surface area contributed by atoms with Gasteiger partial charge in [-0.15, -0.1) is 0 Å². The highest BCUT2D eigenvalue weighted by Gasteiger charge is 2.25. The van der Waals surface area contributed by atoms with Crippen molar-refractivity contribution >= 4 is 28.3 Å². The Morgan fingerprint density at radius 3 is 2.95 bits per heavy atom. The Bertz CT molecular complexity index is 603. The first kappa shape index (κ1) is 13.6. The van der Waals surface area contributed by atoms with Gasteiger partial charge in [-0.2, -0.15) is 4.98 Å². The molecule has 1 aliphatic rings. The molecule has 3 rings (SSSR count). The van der Waals surface area contributed by atoms with Crippen molar-refractivity contribution in [3.05, 3.63) is 29.5 Å². The van der Waals surface area contributed by atoms with Crippen molar-refractivity contribution in [3.63, 3.8) is 0 Å². The smallest absolute Gasteiger partial charge is 0.224 e. The molecule has 106 valence electrons. The number of aliphatic hydroxyl groups excluding tert-OH is 1. The topological polar surface area (TPSA) is 49.2 Å². The zero-order chi connectivity index (χ0) is 13.9. The number of halogens is 1. The molecule has 0 amide bonds. The molecule has 1 aromatic carbocycles. The van der Waals surface area contributed by atoms with Crippen molar-refractivity contribution in [1.82, 2.24) is 9.97 Å². The van der Waals surface area contributed by atoms with Gasteiger partial charge in [0.1, 0.15) is 5.82 Å².